The van der Waals surface area contributed by atoms with Gasteiger partial charge in [0.25, 0.3) is 0 Å². The lowest BCUT2D eigenvalue weighted by molar-refractivity contribution is -0.121. The molecule has 0 saturated heterocycles. The average Bonchev–Trinajstić information content (AvgIpc) is 3.26. The minimum absolute atomic E-state index is 0.0606. The molecule has 0 spiro atoms. The lowest BCUT2D eigenvalue weighted by atomic mass is 9.98. The Balaban J connectivity index is 1.69. The zero-order chi connectivity index (χ0) is 15.0. The molecule has 0 bridgehead atoms. The van der Waals surface area contributed by atoms with Crippen molar-refractivity contribution >= 4 is 11.6 Å². The van der Waals surface area contributed by atoms with E-state index in [-0.39, 0.29) is 5.91 Å². The second kappa shape index (κ2) is 5.07. The summed E-state index contributed by atoms with van der Waals surface area (Å²) in [5, 5.41) is 12.3. The van der Waals surface area contributed by atoms with Gasteiger partial charge in [-0.2, -0.15) is 5.26 Å². The van der Waals surface area contributed by atoms with Crippen LogP contribution in [-0.4, -0.2) is 24.0 Å². The summed E-state index contributed by atoms with van der Waals surface area (Å²) >= 11 is 0. The van der Waals surface area contributed by atoms with Gasteiger partial charge in [0.15, 0.2) is 0 Å². The van der Waals surface area contributed by atoms with E-state index in [0.717, 1.165) is 24.9 Å². The Morgan fingerprint density at radius 3 is 2.86 bits per heavy atom. The number of carbonyl (C=O) groups excluding carboxylic acids is 1. The molecule has 1 heterocycles. The molecule has 4 heteroatoms. The molecule has 1 amide bonds. The van der Waals surface area contributed by atoms with Crippen LogP contribution in [0.2, 0.25) is 0 Å². The Hall–Kier alpha value is -2.02. The minimum atomic E-state index is -0.709. The van der Waals surface area contributed by atoms with E-state index in [9.17, 15) is 10.1 Å². The summed E-state index contributed by atoms with van der Waals surface area (Å²) in [7, 11) is 0. The number of hydrogen-bond acceptors (Lipinski definition) is 3. The Kier molecular flexibility index (Phi) is 3.36. The van der Waals surface area contributed by atoms with Gasteiger partial charge in [0.05, 0.1) is 12.6 Å². The fraction of sp³-hybridized carbons (Fsp3) is 0.529. The number of fused-ring (bicyclic) bond motifs is 1. The largest absolute Gasteiger partial charge is 0.359 e. The third-order valence-electron chi connectivity index (χ3n) is 4.69. The molecule has 0 aromatic heterocycles. The van der Waals surface area contributed by atoms with Crippen molar-refractivity contribution in [3.8, 4) is 6.07 Å². The fourth-order valence-electron chi connectivity index (χ4n) is 3.24. The fourth-order valence-corrected chi connectivity index (χ4v) is 3.24. The first-order valence-electron chi connectivity index (χ1n) is 7.60. The number of rotatable bonds is 4. The van der Waals surface area contributed by atoms with Gasteiger partial charge < -0.3 is 10.2 Å². The van der Waals surface area contributed by atoms with Crippen LogP contribution >= 0.6 is 0 Å². The van der Waals surface area contributed by atoms with Crippen LogP contribution < -0.4 is 10.2 Å². The lowest BCUT2D eigenvalue weighted by Crippen LogP contribution is -2.51. The second-order valence-electron chi connectivity index (χ2n) is 6.45. The quantitative estimate of drug-likeness (QED) is 0.922. The zero-order valence-electron chi connectivity index (χ0n) is 12.6. The number of nitrogens with one attached hydrogen (secondary N) is 1. The molecule has 4 nitrogen and oxygen atoms in total. The van der Waals surface area contributed by atoms with E-state index >= 15 is 0 Å². The number of carbonyl (C=O) groups is 1. The van der Waals surface area contributed by atoms with Crippen molar-refractivity contribution in [2.45, 2.75) is 44.7 Å². The topological polar surface area (TPSA) is 56.1 Å². The number of amides is 1. The molecule has 2 aliphatic rings. The SMILES string of the molecule is C[C@H]1Cc2ccccc2N1CC(=O)N[C@@](C)(C#N)C1CC1. The van der Waals surface area contributed by atoms with Gasteiger partial charge in [-0.1, -0.05) is 18.2 Å². The van der Waals surface area contributed by atoms with Crippen LogP contribution in [-0.2, 0) is 11.2 Å². The molecule has 2 atom stereocenters. The van der Waals surface area contributed by atoms with Crippen LogP contribution in [0.25, 0.3) is 0 Å². The van der Waals surface area contributed by atoms with Crippen molar-refractivity contribution in [3.63, 3.8) is 0 Å². The van der Waals surface area contributed by atoms with E-state index in [2.05, 4.69) is 35.3 Å². The van der Waals surface area contributed by atoms with E-state index in [0.29, 0.717) is 18.5 Å². The van der Waals surface area contributed by atoms with E-state index in [1.54, 1.807) is 0 Å². The van der Waals surface area contributed by atoms with Gasteiger partial charge >= 0.3 is 0 Å². The highest BCUT2D eigenvalue weighted by atomic mass is 16.2. The van der Waals surface area contributed by atoms with Gasteiger partial charge in [0.2, 0.25) is 5.91 Å². The van der Waals surface area contributed by atoms with Crippen molar-refractivity contribution in [2.75, 3.05) is 11.4 Å². The Morgan fingerprint density at radius 1 is 1.48 bits per heavy atom. The minimum Gasteiger partial charge on any atom is -0.359 e. The number of nitrogens with zero attached hydrogens (tertiary/aromatic N) is 2. The summed E-state index contributed by atoms with van der Waals surface area (Å²) in [6.45, 7) is 4.30. The molecule has 21 heavy (non-hydrogen) atoms. The van der Waals surface area contributed by atoms with E-state index in [1.165, 1.54) is 5.56 Å². The molecule has 0 radical (unpaired) electrons. The van der Waals surface area contributed by atoms with Crippen LogP contribution in [0.5, 0.6) is 0 Å². The predicted octanol–water partition coefficient (Wildman–Crippen LogP) is 2.25. The molecular weight excluding hydrogens is 262 g/mol. The summed E-state index contributed by atoms with van der Waals surface area (Å²) < 4.78 is 0. The van der Waals surface area contributed by atoms with Crippen LogP contribution in [0.15, 0.2) is 24.3 Å². The molecule has 1 fully saturated rings. The molecule has 110 valence electrons. The van der Waals surface area contributed by atoms with Crippen LogP contribution in [0, 0.1) is 17.2 Å². The van der Waals surface area contributed by atoms with Gasteiger partial charge in [-0.05, 0) is 50.7 Å². The van der Waals surface area contributed by atoms with E-state index in [4.69, 9.17) is 0 Å². The lowest BCUT2D eigenvalue weighted by Gasteiger charge is -2.28. The maximum atomic E-state index is 12.4. The van der Waals surface area contributed by atoms with Crippen LogP contribution in [0.1, 0.15) is 32.3 Å². The van der Waals surface area contributed by atoms with E-state index < -0.39 is 5.54 Å². The second-order valence-corrected chi connectivity index (χ2v) is 6.45. The number of nitriles is 1. The van der Waals surface area contributed by atoms with Crippen molar-refractivity contribution in [3.05, 3.63) is 29.8 Å². The molecule has 1 aliphatic carbocycles. The van der Waals surface area contributed by atoms with E-state index in [1.807, 2.05) is 19.1 Å². The normalized spacial score (nSPS) is 23.1. The Labute approximate surface area is 125 Å². The Bertz CT molecular complexity index is 602. The summed E-state index contributed by atoms with van der Waals surface area (Å²) in [6, 6.07) is 10.8. The van der Waals surface area contributed by atoms with Crippen molar-refractivity contribution < 1.29 is 4.79 Å². The highest BCUT2D eigenvalue weighted by Crippen LogP contribution is 2.39. The van der Waals surface area contributed by atoms with Gasteiger partial charge in [-0.25, -0.2) is 0 Å². The number of anilines is 1. The molecule has 1 aromatic rings. The molecule has 3 rings (SSSR count). The smallest absolute Gasteiger partial charge is 0.240 e. The zero-order valence-corrected chi connectivity index (χ0v) is 12.6. The third kappa shape index (κ3) is 2.61. The average molecular weight is 283 g/mol. The molecule has 1 N–H and O–H groups in total. The highest BCUT2D eigenvalue weighted by molar-refractivity contribution is 5.83. The molecule has 1 aliphatic heterocycles. The first-order chi connectivity index (χ1) is 10.0. The van der Waals surface area contributed by atoms with Crippen molar-refractivity contribution in [2.24, 2.45) is 5.92 Å². The maximum absolute atomic E-state index is 12.4. The molecule has 1 saturated carbocycles. The van der Waals surface area contributed by atoms with Gasteiger partial charge in [-0.15, -0.1) is 0 Å². The first-order valence-corrected chi connectivity index (χ1v) is 7.60. The summed E-state index contributed by atoms with van der Waals surface area (Å²) in [6.07, 6.45) is 3.04. The van der Waals surface area contributed by atoms with Crippen LogP contribution in [0.4, 0.5) is 5.69 Å². The van der Waals surface area contributed by atoms with Crippen LogP contribution in [0.3, 0.4) is 0 Å². The molecular formula is C17H21N3O. The van der Waals surface area contributed by atoms with Crippen molar-refractivity contribution in [1.82, 2.24) is 5.32 Å². The predicted molar refractivity (Wildman–Crippen MR) is 81.8 cm³/mol. The standard InChI is InChI=1S/C17H21N3O/c1-12-9-13-5-3-4-6-15(13)20(12)10-16(21)19-17(2,11-18)14-7-8-14/h3-6,12,14H,7-10H2,1-2H3,(H,19,21)/t12-,17-/m0/s1. The molecule has 1 aromatic carbocycles. The van der Waals surface area contributed by atoms with Crippen molar-refractivity contribution in [1.29, 1.82) is 5.26 Å². The number of benzene rings is 1. The third-order valence-corrected chi connectivity index (χ3v) is 4.69. The van der Waals surface area contributed by atoms with Gasteiger partial charge in [0.1, 0.15) is 5.54 Å². The van der Waals surface area contributed by atoms with Gasteiger partial charge in [-0.3, -0.25) is 4.79 Å². The first kappa shape index (κ1) is 13.9. The molecule has 0 unspecified atom stereocenters. The Morgan fingerprint density at radius 2 is 2.19 bits per heavy atom. The monoisotopic (exact) mass is 283 g/mol. The highest BCUT2D eigenvalue weighted by Gasteiger charge is 2.43. The summed E-state index contributed by atoms with van der Waals surface area (Å²) in [4.78, 5) is 14.5. The summed E-state index contributed by atoms with van der Waals surface area (Å²) in [5.41, 5.74) is 1.73. The van der Waals surface area contributed by atoms with Gasteiger partial charge in [0, 0.05) is 11.7 Å². The maximum Gasteiger partial charge on any atom is 0.240 e. The number of hydrogen-bond donors (Lipinski definition) is 1. The number of para-hydroxylation sites is 1. The summed E-state index contributed by atoms with van der Waals surface area (Å²) in [5.74, 6) is 0.254.